The van der Waals surface area contributed by atoms with Crippen molar-refractivity contribution in [3.8, 4) is 17.2 Å². The Bertz CT molecular complexity index is 1440. The molecule has 200 valence electrons. The summed E-state index contributed by atoms with van der Waals surface area (Å²) in [4.78, 5) is 50.3. The summed E-state index contributed by atoms with van der Waals surface area (Å²) in [6.07, 6.45) is 1.33. The maximum absolute atomic E-state index is 13.3. The molecule has 39 heavy (non-hydrogen) atoms. The zero-order chi connectivity index (χ0) is 27.9. The molecule has 1 heterocycles. The van der Waals surface area contributed by atoms with Gasteiger partial charge in [0.2, 0.25) is 0 Å². The van der Waals surface area contributed by atoms with Crippen molar-refractivity contribution < 1.29 is 38.5 Å². The van der Waals surface area contributed by atoms with Crippen molar-refractivity contribution in [2.45, 2.75) is 13.5 Å². The second kappa shape index (κ2) is 12.4. The van der Waals surface area contributed by atoms with E-state index in [9.17, 15) is 19.2 Å². The maximum Gasteiger partial charge on any atom is 0.341 e. The van der Waals surface area contributed by atoms with Crippen LogP contribution in [0.25, 0.3) is 6.08 Å². The average molecular weight is 642 g/mol. The van der Waals surface area contributed by atoms with E-state index < -0.39 is 30.4 Å². The van der Waals surface area contributed by atoms with E-state index in [1.165, 1.54) is 12.1 Å². The third-order valence-corrected chi connectivity index (χ3v) is 6.23. The highest BCUT2D eigenvalue weighted by atomic mass is 127. The molecule has 11 heteroatoms. The van der Waals surface area contributed by atoms with Crippen LogP contribution < -0.4 is 24.4 Å². The van der Waals surface area contributed by atoms with Crippen molar-refractivity contribution in [3.63, 3.8) is 0 Å². The first-order valence-corrected chi connectivity index (χ1v) is 12.8. The number of rotatable bonds is 10. The Morgan fingerprint density at radius 2 is 1.72 bits per heavy atom. The number of halogens is 1. The van der Waals surface area contributed by atoms with Gasteiger partial charge < -0.3 is 19.3 Å². The third kappa shape index (κ3) is 6.74. The topological polar surface area (TPSA) is 131 Å². The summed E-state index contributed by atoms with van der Waals surface area (Å²) in [7, 11) is 0. The van der Waals surface area contributed by atoms with E-state index in [4.69, 9.17) is 19.3 Å². The van der Waals surface area contributed by atoms with Crippen LogP contribution in [0.4, 0.5) is 10.5 Å². The Balaban J connectivity index is 1.57. The molecule has 0 saturated carbocycles. The first-order valence-electron chi connectivity index (χ1n) is 11.8. The lowest BCUT2D eigenvalue weighted by Crippen LogP contribution is -2.54. The maximum atomic E-state index is 13.3. The number of barbiturate groups is 1. The molecule has 0 aromatic heterocycles. The molecule has 2 N–H and O–H groups in total. The van der Waals surface area contributed by atoms with Gasteiger partial charge in [0.15, 0.2) is 18.1 Å². The number of anilines is 1. The second-order valence-corrected chi connectivity index (χ2v) is 9.33. The lowest BCUT2D eigenvalue weighted by molar-refractivity contribution is -0.139. The number of carbonyl (C=O) groups is 4. The Morgan fingerprint density at radius 1 is 1.00 bits per heavy atom. The molecule has 4 amide bonds. The number of ether oxygens (including phenoxy) is 3. The highest BCUT2D eigenvalue weighted by Crippen LogP contribution is 2.35. The van der Waals surface area contributed by atoms with Crippen molar-refractivity contribution in [3.05, 3.63) is 87.0 Å². The highest BCUT2D eigenvalue weighted by molar-refractivity contribution is 14.1. The molecule has 3 aromatic carbocycles. The number of imide groups is 2. The molecule has 0 radical (unpaired) electrons. The van der Waals surface area contributed by atoms with Gasteiger partial charge in [-0.25, -0.2) is 14.5 Å². The van der Waals surface area contributed by atoms with Gasteiger partial charge in [0.05, 0.1) is 15.9 Å². The number of hydrogen-bond acceptors (Lipinski definition) is 7. The molecule has 1 aliphatic rings. The average Bonchev–Trinajstić information content (AvgIpc) is 2.90. The summed E-state index contributed by atoms with van der Waals surface area (Å²) in [5, 5.41) is 11.1. The SMILES string of the molecule is CCOc1cc(/C=C2\C(=O)NC(=O)N(c3ccc(OCc4ccccc4)cc3)C2=O)cc(I)c1OCC(=O)O. The fraction of sp³-hybridized carbons (Fsp3) is 0.143. The standard InChI is InChI=1S/C28H23IN2O8/c1-2-37-23-14-18(13-22(29)25(23)39-16-24(32)33)12-21-26(34)30-28(36)31(27(21)35)19-8-10-20(11-9-19)38-15-17-6-4-3-5-7-17/h3-14H,2,15-16H2,1H3,(H,32,33)(H,30,34,36)/b21-12+. The summed E-state index contributed by atoms with van der Waals surface area (Å²) in [5.74, 6) is -1.77. The Morgan fingerprint density at radius 3 is 2.38 bits per heavy atom. The van der Waals surface area contributed by atoms with Gasteiger partial charge in [0, 0.05) is 0 Å². The van der Waals surface area contributed by atoms with Crippen LogP contribution in [0.15, 0.2) is 72.3 Å². The van der Waals surface area contributed by atoms with Gasteiger partial charge in [-0.15, -0.1) is 0 Å². The van der Waals surface area contributed by atoms with Crippen LogP contribution in [0, 0.1) is 3.57 Å². The van der Waals surface area contributed by atoms with Crippen molar-refractivity contribution in [1.82, 2.24) is 5.32 Å². The Hall–Kier alpha value is -4.39. The Labute approximate surface area is 237 Å². The number of amides is 4. The molecule has 0 aliphatic carbocycles. The van der Waals surface area contributed by atoms with E-state index in [0.29, 0.717) is 21.5 Å². The van der Waals surface area contributed by atoms with E-state index >= 15 is 0 Å². The largest absolute Gasteiger partial charge is 0.490 e. The van der Waals surface area contributed by atoms with Crippen LogP contribution in [0.3, 0.4) is 0 Å². The quantitative estimate of drug-likeness (QED) is 0.189. The zero-order valence-electron chi connectivity index (χ0n) is 20.7. The summed E-state index contributed by atoms with van der Waals surface area (Å²) >= 11 is 1.94. The number of benzene rings is 3. The molecule has 10 nitrogen and oxygen atoms in total. The predicted octanol–water partition coefficient (Wildman–Crippen LogP) is 4.40. The number of aliphatic carboxylic acids is 1. The fourth-order valence-corrected chi connectivity index (χ4v) is 4.48. The van der Waals surface area contributed by atoms with E-state index in [0.717, 1.165) is 10.5 Å². The normalized spacial score (nSPS) is 14.3. The molecule has 1 aliphatic heterocycles. The summed E-state index contributed by atoms with van der Waals surface area (Å²) in [5.41, 5.74) is 1.40. The molecule has 0 bridgehead atoms. The molecule has 1 saturated heterocycles. The van der Waals surface area contributed by atoms with Crippen LogP contribution >= 0.6 is 22.6 Å². The fourth-order valence-electron chi connectivity index (χ4n) is 3.70. The number of nitrogens with zero attached hydrogens (tertiary/aromatic N) is 1. The molecular weight excluding hydrogens is 619 g/mol. The minimum atomic E-state index is -1.15. The number of carboxylic acids is 1. The van der Waals surface area contributed by atoms with Gasteiger partial charge in [-0.05, 0) is 83.1 Å². The third-order valence-electron chi connectivity index (χ3n) is 5.43. The molecule has 3 aromatic rings. The van der Waals surface area contributed by atoms with Gasteiger partial charge in [0.1, 0.15) is 17.9 Å². The van der Waals surface area contributed by atoms with Gasteiger partial charge in [-0.2, -0.15) is 0 Å². The number of carboxylic acid groups (broad SMARTS) is 1. The van der Waals surface area contributed by atoms with E-state index in [2.05, 4.69) is 5.32 Å². The van der Waals surface area contributed by atoms with Gasteiger partial charge >= 0.3 is 12.0 Å². The van der Waals surface area contributed by atoms with E-state index in [1.54, 1.807) is 37.3 Å². The van der Waals surface area contributed by atoms with Gasteiger partial charge in [-0.3, -0.25) is 14.9 Å². The van der Waals surface area contributed by atoms with Crippen molar-refractivity contribution >= 4 is 58.2 Å². The lowest BCUT2D eigenvalue weighted by atomic mass is 10.1. The van der Waals surface area contributed by atoms with Crippen LogP contribution in [-0.2, 0) is 21.0 Å². The lowest BCUT2D eigenvalue weighted by Gasteiger charge is -2.26. The van der Waals surface area contributed by atoms with Crippen LogP contribution in [0.5, 0.6) is 17.2 Å². The first kappa shape index (κ1) is 27.6. The van der Waals surface area contributed by atoms with E-state index in [1.807, 2.05) is 52.9 Å². The van der Waals surface area contributed by atoms with E-state index in [-0.39, 0.29) is 29.4 Å². The molecular formula is C28H23IN2O8. The molecule has 0 spiro atoms. The summed E-state index contributed by atoms with van der Waals surface area (Å²) < 4.78 is 17.2. The highest BCUT2D eigenvalue weighted by Gasteiger charge is 2.37. The summed E-state index contributed by atoms with van der Waals surface area (Å²) in [6.45, 7) is 1.81. The van der Waals surface area contributed by atoms with Crippen LogP contribution in [0.1, 0.15) is 18.1 Å². The number of urea groups is 1. The van der Waals surface area contributed by atoms with Crippen LogP contribution in [-0.4, -0.2) is 42.1 Å². The monoisotopic (exact) mass is 642 g/mol. The zero-order valence-corrected chi connectivity index (χ0v) is 22.8. The van der Waals surface area contributed by atoms with Crippen molar-refractivity contribution in [2.75, 3.05) is 18.1 Å². The molecule has 4 rings (SSSR count). The summed E-state index contributed by atoms with van der Waals surface area (Å²) in [6, 6.07) is 18.2. The van der Waals surface area contributed by atoms with Gasteiger partial charge in [-0.1, -0.05) is 30.3 Å². The van der Waals surface area contributed by atoms with Gasteiger partial charge in [0.25, 0.3) is 11.8 Å². The minimum Gasteiger partial charge on any atom is -0.490 e. The smallest absolute Gasteiger partial charge is 0.341 e. The Kier molecular flexibility index (Phi) is 8.81. The number of carbonyl (C=O) groups excluding carboxylic acids is 3. The molecule has 0 atom stereocenters. The van der Waals surface area contributed by atoms with Crippen molar-refractivity contribution in [2.24, 2.45) is 0 Å². The first-order chi connectivity index (χ1) is 18.8. The molecule has 1 fully saturated rings. The minimum absolute atomic E-state index is 0.229. The molecule has 0 unspecified atom stereocenters. The van der Waals surface area contributed by atoms with Crippen molar-refractivity contribution in [1.29, 1.82) is 0 Å². The number of nitrogens with one attached hydrogen (secondary N) is 1. The number of hydrogen-bond donors (Lipinski definition) is 2. The van der Waals surface area contributed by atoms with Crippen LogP contribution in [0.2, 0.25) is 0 Å². The predicted molar refractivity (Wildman–Crippen MR) is 150 cm³/mol. The second-order valence-electron chi connectivity index (χ2n) is 8.17.